The van der Waals surface area contributed by atoms with Crippen LogP contribution in [0.3, 0.4) is 0 Å². The van der Waals surface area contributed by atoms with Crippen molar-refractivity contribution >= 4 is 5.71 Å². The fraction of sp³-hybridized carbons (Fsp3) is 0.300. The van der Waals surface area contributed by atoms with Crippen molar-refractivity contribution in [1.82, 2.24) is 20.2 Å². The van der Waals surface area contributed by atoms with Gasteiger partial charge in [0, 0.05) is 0 Å². The minimum absolute atomic E-state index is 0.284. The number of benzene rings is 2. The van der Waals surface area contributed by atoms with Crippen molar-refractivity contribution in [3.63, 3.8) is 0 Å². The summed E-state index contributed by atoms with van der Waals surface area (Å²) < 4.78 is 5.68. The van der Waals surface area contributed by atoms with Crippen molar-refractivity contribution < 1.29 is 9.57 Å². The van der Waals surface area contributed by atoms with Gasteiger partial charge in [-0.25, -0.2) is 0 Å². The molecule has 0 fully saturated rings. The zero-order chi connectivity index (χ0) is 19.1. The lowest BCUT2D eigenvalue weighted by Crippen LogP contribution is -2.01. The average molecular weight is 365 g/mol. The second-order valence-corrected chi connectivity index (χ2v) is 6.14. The molecule has 0 atom stereocenters. The maximum absolute atomic E-state index is 5.68. The van der Waals surface area contributed by atoms with Crippen LogP contribution >= 0.6 is 0 Å². The molecule has 0 aliphatic carbocycles. The molecule has 140 valence electrons. The number of ether oxygens (including phenoxy) is 1. The van der Waals surface area contributed by atoms with E-state index < -0.39 is 0 Å². The summed E-state index contributed by atoms with van der Waals surface area (Å²) in [4.78, 5) is 6.98. The zero-order valence-electron chi connectivity index (χ0n) is 15.8. The van der Waals surface area contributed by atoms with Gasteiger partial charge in [0.15, 0.2) is 6.61 Å². The van der Waals surface area contributed by atoms with Gasteiger partial charge in [-0.05, 0) is 61.4 Å². The molecule has 3 aromatic rings. The van der Waals surface area contributed by atoms with Crippen LogP contribution in [0.1, 0.15) is 36.4 Å². The molecule has 2 aromatic carbocycles. The van der Waals surface area contributed by atoms with E-state index in [1.165, 1.54) is 10.4 Å². The second kappa shape index (κ2) is 8.93. The lowest BCUT2D eigenvalue weighted by molar-refractivity contribution is 0.130. The standard InChI is InChI=1S/C20H23N5O2/c1-4-25-22-20(21-24-25)14-26-19-11-9-18(10-12-19)16(3)23-27-13-17-7-5-15(2)6-8-17/h5-12H,4,13-14H2,1-3H3/b23-16+. The highest BCUT2D eigenvalue weighted by Crippen LogP contribution is 2.14. The normalized spacial score (nSPS) is 11.4. The van der Waals surface area contributed by atoms with Gasteiger partial charge in [0.25, 0.3) is 0 Å². The summed E-state index contributed by atoms with van der Waals surface area (Å²) in [7, 11) is 0. The number of tetrazole rings is 1. The van der Waals surface area contributed by atoms with Gasteiger partial charge in [0.2, 0.25) is 5.82 Å². The monoisotopic (exact) mass is 365 g/mol. The zero-order valence-corrected chi connectivity index (χ0v) is 15.8. The molecule has 0 aliphatic heterocycles. The van der Waals surface area contributed by atoms with Crippen molar-refractivity contribution in [2.24, 2.45) is 5.16 Å². The Balaban J connectivity index is 1.51. The topological polar surface area (TPSA) is 74.4 Å². The van der Waals surface area contributed by atoms with Crippen LogP contribution in [0, 0.1) is 6.92 Å². The third-order valence-corrected chi connectivity index (χ3v) is 3.97. The number of oxime groups is 1. The van der Waals surface area contributed by atoms with Gasteiger partial charge < -0.3 is 9.57 Å². The third kappa shape index (κ3) is 5.37. The van der Waals surface area contributed by atoms with Crippen molar-refractivity contribution in [3.05, 3.63) is 71.0 Å². The fourth-order valence-corrected chi connectivity index (χ4v) is 2.35. The van der Waals surface area contributed by atoms with E-state index in [1.54, 1.807) is 0 Å². The Morgan fingerprint density at radius 1 is 1.04 bits per heavy atom. The molecule has 3 rings (SSSR count). The number of aryl methyl sites for hydroxylation is 2. The van der Waals surface area contributed by atoms with Crippen LogP contribution in [0.4, 0.5) is 0 Å². The van der Waals surface area contributed by atoms with Crippen LogP contribution in [0.25, 0.3) is 0 Å². The maximum Gasteiger partial charge on any atom is 0.212 e. The largest absolute Gasteiger partial charge is 0.485 e. The molecule has 0 radical (unpaired) electrons. The minimum atomic E-state index is 0.284. The Hall–Kier alpha value is -3.22. The Morgan fingerprint density at radius 2 is 1.78 bits per heavy atom. The summed E-state index contributed by atoms with van der Waals surface area (Å²) in [6.07, 6.45) is 0. The van der Waals surface area contributed by atoms with Crippen molar-refractivity contribution in [1.29, 1.82) is 0 Å². The van der Waals surface area contributed by atoms with E-state index in [4.69, 9.17) is 9.57 Å². The van der Waals surface area contributed by atoms with Crippen molar-refractivity contribution in [2.75, 3.05) is 0 Å². The van der Waals surface area contributed by atoms with Crippen LogP contribution in [-0.4, -0.2) is 25.9 Å². The molecule has 1 aromatic heterocycles. The average Bonchev–Trinajstić information content (AvgIpc) is 3.16. The molecule has 0 aliphatic rings. The summed E-state index contributed by atoms with van der Waals surface area (Å²) in [6.45, 7) is 7.35. The first-order valence-corrected chi connectivity index (χ1v) is 8.86. The molecule has 0 saturated carbocycles. The first kappa shape index (κ1) is 18.6. The van der Waals surface area contributed by atoms with E-state index >= 15 is 0 Å². The summed E-state index contributed by atoms with van der Waals surface area (Å²) >= 11 is 0. The second-order valence-electron chi connectivity index (χ2n) is 6.14. The summed E-state index contributed by atoms with van der Waals surface area (Å²) in [5.41, 5.74) is 4.10. The highest BCUT2D eigenvalue weighted by molar-refractivity contribution is 5.98. The van der Waals surface area contributed by atoms with Crippen LogP contribution in [0.2, 0.25) is 0 Å². The van der Waals surface area contributed by atoms with E-state index in [0.29, 0.717) is 19.0 Å². The molecule has 7 nitrogen and oxygen atoms in total. The molecule has 0 saturated heterocycles. The summed E-state index contributed by atoms with van der Waals surface area (Å²) in [5.74, 6) is 1.29. The minimum Gasteiger partial charge on any atom is -0.485 e. The lowest BCUT2D eigenvalue weighted by atomic mass is 10.1. The molecule has 7 heteroatoms. The number of hydrogen-bond donors (Lipinski definition) is 0. The SMILES string of the molecule is CCn1nnc(COc2ccc(/C(C)=N/OCc3ccc(C)cc3)cc2)n1. The number of aromatic nitrogens is 4. The molecular weight excluding hydrogens is 342 g/mol. The van der Waals surface area contributed by atoms with Gasteiger partial charge in [-0.3, -0.25) is 0 Å². The molecule has 0 bridgehead atoms. The smallest absolute Gasteiger partial charge is 0.212 e. The van der Waals surface area contributed by atoms with Crippen LogP contribution in [0.5, 0.6) is 5.75 Å². The Kier molecular flexibility index (Phi) is 6.14. The Morgan fingerprint density at radius 3 is 2.44 bits per heavy atom. The summed E-state index contributed by atoms with van der Waals surface area (Å²) in [6, 6.07) is 15.9. The molecule has 0 unspecified atom stereocenters. The highest BCUT2D eigenvalue weighted by atomic mass is 16.6. The predicted octanol–water partition coefficient (Wildman–Crippen LogP) is 3.52. The van der Waals surface area contributed by atoms with Crippen LogP contribution < -0.4 is 4.74 Å². The lowest BCUT2D eigenvalue weighted by Gasteiger charge is -2.06. The number of hydrogen-bond acceptors (Lipinski definition) is 6. The number of nitrogens with zero attached hydrogens (tertiary/aromatic N) is 5. The van der Waals surface area contributed by atoms with E-state index in [2.05, 4.69) is 39.6 Å². The molecule has 0 amide bonds. The van der Waals surface area contributed by atoms with E-state index in [0.717, 1.165) is 22.6 Å². The first-order chi connectivity index (χ1) is 13.1. The molecule has 0 spiro atoms. The highest BCUT2D eigenvalue weighted by Gasteiger charge is 2.04. The molecule has 0 N–H and O–H groups in total. The van der Waals surface area contributed by atoms with Gasteiger partial charge in [-0.2, -0.15) is 4.80 Å². The molecule has 1 heterocycles. The predicted molar refractivity (Wildman–Crippen MR) is 102 cm³/mol. The van der Waals surface area contributed by atoms with Gasteiger partial charge in [0.1, 0.15) is 12.4 Å². The van der Waals surface area contributed by atoms with Gasteiger partial charge in [-0.1, -0.05) is 35.0 Å². The van der Waals surface area contributed by atoms with Crippen molar-refractivity contribution in [3.8, 4) is 5.75 Å². The van der Waals surface area contributed by atoms with E-state index in [9.17, 15) is 0 Å². The van der Waals surface area contributed by atoms with E-state index in [-0.39, 0.29) is 6.61 Å². The van der Waals surface area contributed by atoms with Crippen LogP contribution in [-0.2, 0) is 24.6 Å². The quantitative estimate of drug-likeness (QED) is 0.451. The molecule has 27 heavy (non-hydrogen) atoms. The Bertz CT molecular complexity index is 885. The molecular formula is C20H23N5O2. The van der Waals surface area contributed by atoms with Crippen LogP contribution in [0.15, 0.2) is 53.7 Å². The third-order valence-electron chi connectivity index (χ3n) is 3.97. The van der Waals surface area contributed by atoms with Gasteiger partial charge in [-0.15, -0.1) is 10.2 Å². The summed E-state index contributed by atoms with van der Waals surface area (Å²) in [5, 5.41) is 16.2. The van der Waals surface area contributed by atoms with E-state index in [1.807, 2.05) is 50.2 Å². The fourth-order valence-electron chi connectivity index (χ4n) is 2.35. The number of rotatable bonds is 8. The Labute approximate surface area is 158 Å². The van der Waals surface area contributed by atoms with Gasteiger partial charge in [0.05, 0.1) is 12.3 Å². The van der Waals surface area contributed by atoms with Gasteiger partial charge >= 0.3 is 0 Å². The first-order valence-electron chi connectivity index (χ1n) is 8.86. The maximum atomic E-state index is 5.68. The van der Waals surface area contributed by atoms with Crippen molar-refractivity contribution in [2.45, 2.75) is 40.5 Å².